The van der Waals surface area contributed by atoms with Gasteiger partial charge in [-0.2, -0.15) is 6.42 Å². The molecule has 0 heterocycles. The van der Waals surface area contributed by atoms with Crippen molar-refractivity contribution in [2.24, 2.45) is 0 Å². The molecule has 0 aromatic rings. The van der Waals surface area contributed by atoms with Crippen molar-refractivity contribution in [2.75, 3.05) is 0 Å². The van der Waals surface area contributed by atoms with E-state index in [-0.39, 0.29) is 33.6 Å². The molecule has 0 aliphatic heterocycles. The first kappa shape index (κ1) is 22.1. The fourth-order valence-corrected chi connectivity index (χ4v) is 1.77. The van der Waals surface area contributed by atoms with Crippen LogP contribution in [0, 0.1) is 14.0 Å². The summed E-state index contributed by atoms with van der Waals surface area (Å²) >= 11 is 0. The van der Waals surface area contributed by atoms with Crippen molar-refractivity contribution < 1.29 is 31.3 Å². The van der Waals surface area contributed by atoms with Crippen molar-refractivity contribution in [2.45, 2.75) is 77.6 Å². The fraction of sp³-hybridized carbons (Fsp3) is 0.857. The Hall–Kier alpha value is 0.843. The van der Waals surface area contributed by atoms with Crippen LogP contribution in [0.25, 0.3) is 0 Å². The molecule has 2 aliphatic carbocycles. The molecule has 0 radical (unpaired) electrons. The molecule has 0 bridgehead atoms. The van der Waals surface area contributed by atoms with E-state index in [1.165, 1.54) is 64.2 Å². The molecule has 2 rings (SSSR count). The standard InChI is InChI=1S/2C5H10.C3H7O.CH3.Zr/c2*1-2-4-5-3-1;1-2-3-4;;/h2*1-5H2;3-4H,2H2,1H3;1H3;/q;;2*-1;+2. The smallest absolute Gasteiger partial charge is 0.566 e. The van der Waals surface area contributed by atoms with E-state index in [0.29, 0.717) is 0 Å². The first-order valence-corrected chi connectivity index (χ1v) is 6.37. The van der Waals surface area contributed by atoms with Gasteiger partial charge in [-0.25, -0.2) is 6.61 Å². The molecule has 0 aromatic heterocycles. The van der Waals surface area contributed by atoms with Crippen molar-refractivity contribution in [3.8, 4) is 0 Å². The minimum Gasteiger partial charge on any atom is -0.566 e. The number of rotatable bonds is 1. The van der Waals surface area contributed by atoms with Crippen LogP contribution < -0.4 is 0 Å². The van der Waals surface area contributed by atoms with Gasteiger partial charge in [0, 0.05) is 0 Å². The molecule has 16 heavy (non-hydrogen) atoms. The number of aliphatic hydroxyl groups excluding tert-OH is 1. The van der Waals surface area contributed by atoms with Crippen LogP contribution in [0.5, 0.6) is 0 Å². The average molecular weight is 306 g/mol. The molecule has 96 valence electrons. The Kier molecular flexibility index (Phi) is 29.2. The summed E-state index contributed by atoms with van der Waals surface area (Å²) in [5.41, 5.74) is 0. The summed E-state index contributed by atoms with van der Waals surface area (Å²) in [6.45, 7) is 3.00. The van der Waals surface area contributed by atoms with Gasteiger partial charge >= 0.3 is 26.2 Å². The molecule has 1 N–H and O–H groups in total. The second-order valence-electron chi connectivity index (χ2n) is 4.13. The van der Waals surface area contributed by atoms with Gasteiger partial charge in [0.05, 0.1) is 0 Å². The van der Waals surface area contributed by atoms with Crippen LogP contribution in [-0.4, -0.2) is 5.11 Å². The molecule has 2 aliphatic rings. The summed E-state index contributed by atoms with van der Waals surface area (Å²) in [6, 6.07) is 0. The van der Waals surface area contributed by atoms with Gasteiger partial charge < -0.3 is 12.5 Å². The summed E-state index contributed by atoms with van der Waals surface area (Å²) in [5.74, 6) is 0. The Bertz CT molecular complexity index is 61.5. The van der Waals surface area contributed by atoms with Gasteiger partial charge in [-0.3, -0.25) is 0 Å². The maximum Gasteiger partial charge on any atom is 2.00 e. The first-order chi connectivity index (χ1) is 6.91. The van der Waals surface area contributed by atoms with Crippen molar-refractivity contribution >= 4 is 0 Å². The second-order valence-corrected chi connectivity index (χ2v) is 4.13. The van der Waals surface area contributed by atoms with Crippen LogP contribution in [0.1, 0.15) is 77.6 Å². The summed E-state index contributed by atoms with van der Waals surface area (Å²) < 4.78 is 0. The largest absolute Gasteiger partial charge is 2.00 e. The van der Waals surface area contributed by atoms with Crippen molar-refractivity contribution in [3.05, 3.63) is 14.0 Å². The van der Waals surface area contributed by atoms with Gasteiger partial charge in [0.15, 0.2) is 0 Å². The zero-order valence-corrected chi connectivity index (χ0v) is 13.8. The van der Waals surface area contributed by atoms with E-state index in [0.717, 1.165) is 13.0 Å². The third-order valence-electron chi connectivity index (χ3n) is 2.68. The Morgan fingerprint density at radius 3 is 0.938 bits per heavy atom. The van der Waals surface area contributed by atoms with E-state index in [9.17, 15) is 0 Å². The maximum atomic E-state index is 7.75. The minimum atomic E-state index is 0. The predicted molar refractivity (Wildman–Crippen MR) is 69.1 cm³/mol. The zero-order chi connectivity index (χ0) is 10.5. The quantitative estimate of drug-likeness (QED) is 0.653. The van der Waals surface area contributed by atoms with Crippen LogP contribution in [0.2, 0.25) is 0 Å². The Morgan fingerprint density at radius 1 is 0.750 bits per heavy atom. The average Bonchev–Trinajstić information content (AvgIpc) is 2.94. The van der Waals surface area contributed by atoms with Gasteiger partial charge in [0.25, 0.3) is 0 Å². The summed E-state index contributed by atoms with van der Waals surface area (Å²) in [7, 11) is 0. The van der Waals surface area contributed by atoms with E-state index < -0.39 is 0 Å². The van der Waals surface area contributed by atoms with Crippen LogP contribution >= 0.6 is 0 Å². The van der Waals surface area contributed by atoms with Gasteiger partial charge in [-0.05, 0) is 0 Å². The molecular weight excluding hydrogens is 275 g/mol. The topological polar surface area (TPSA) is 20.2 Å². The van der Waals surface area contributed by atoms with Gasteiger partial charge in [0.1, 0.15) is 0 Å². The van der Waals surface area contributed by atoms with E-state index >= 15 is 0 Å². The van der Waals surface area contributed by atoms with E-state index in [1.807, 2.05) is 6.92 Å². The van der Waals surface area contributed by atoms with Crippen molar-refractivity contribution in [1.82, 2.24) is 0 Å². The Morgan fingerprint density at radius 2 is 0.875 bits per heavy atom. The third kappa shape index (κ3) is 20.3. The normalized spacial score (nSPS) is 16.9. The van der Waals surface area contributed by atoms with E-state index in [1.54, 1.807) is 0 Å². The summed E-state index contributed by atoms with van der Waals surface area (Å²) in [4.78, 5) is 0. The van der Waals surface area contributed by atoms with Gasteiger partial charge in [0.2, 0.25) is 0 Å². The van der Waals surface area contributed by atoms with Crippen molar-refractivity contribution in [1.29, 1.82) is 0 Å². The fourth-order valence-electron chi connectivity index (χ4n) is 1.77. The van der Waals surface area contributed by atoms with Crippen LogP contribution in [0.3, 0.4) is 0 Å². The monoisotopic (exact) mass is 304 g/mol. The zero-order valence-electron chi connectivity index (χ0n) is 11.3. The molecule has 0 atom stereocenters. The maximum absolute atomic E-state index is 7.75. The SMILES string of the molecule is C1CCCC1.C1CCCC1.CC[CH-]O.[CH3-].[Zr+2]. The van der Waals surface area contributed by atoms with Gasteiger partial charge in [-0.1, -0.05) is 71.1 Å². The third-order valence-corrected chi connectivity index (χ3v) is 2.68. The molecular formula is C14H30OZr. The van der Waals surface area contributed by atoms with E-state index in [4.69, 9.17) is 5.11 Å². The molecule has 0 unspecified atom stereocenters. The number of hydrogen-bond donors (Lipinski definition) is 1. The molecule has 1 nitrogen and oxygen atoms in total. The molecule has 0 amide bonds. The molecule has 0 saturated heterocycles. The van der Waals surface area contributed by atoms with Crippen molar-refractivity contribution in [3.63, 3.8) is 0 Å². The van der Waals surface area contributed by atoms with Gasteiger partial charge in [-0.15, -0.1) is 0 Å². The molecule has 2 fully saturated rings. The molecule has 0 aromatic carbocycles. The van der Waals surface area contributed by atoms with Crippen LogP contribution in [0.15, 0.2) is 0 Å². The second kappa shape index (κ2) is 21.2. The number of aliphatic hydroxyl groups is 1. The summed E-state index contributed by atoms with van der Waals surface area (Å²) in [6.07, 6.45) is 15.8. The molecule has 2 heteroatoms. The molecule has 2 saturated carbocycles. The Balaban J connectivity index is -0.000000151. The number of hydrogen-bond acceptors (Lipinski definition) is 1. The Labute approximate surface area is 123 Å². The first-order valence-electron chi connectivity index (χ1n) is 6.37. The minimum absolute atomic E-state index is 0. The van der Waals surface area contributed by atoms with Crippen LogP contribution in [0.4, 0.5) is 0 Å². The summed E-state index contributed by atoms with van der Waals surface area (Å²) in [5, 5.41) is 7.75. The predicted octanol–water partition coefficient (Wildman–Crippen LogP) is 5.28. The molecule has 0 spiro atoms. The van der Waals surface area contributed by atoms with Crippen LogP contribution in [-0.2, 0) is 26.2 Å². The van der Waals surface area contributed by atoms with E-state index in [2.05, 4.69) is 0 Å².